The molecule has 0 radical (unpaired) electrons. The van der Waals surface area contributed by atoms with Gasteiger partial charge in [0.05, 0.1) is 11.6 Å². The number of halogens is 2. The van der Waals surface area contributed by atoms with Crippen molar-refractivity contribution in [3.63, 3.8) is 0 Å². The third-order valence-electron chi connectivity index (χ3n) is 4.53. The van der Waals surface area contributed by atoms with Crippen molar-refractivity contribution in [1.29, 1.82) is 0 Å². The third-order valence-corrected chi connectivity index (χ3v) is 6.26. The standard InChI is InChI=1S/C20H14Cl2N4O2S/c21-13-5-6-16(14(22)7-13)29-20-18-19(23-10-24-20)25-11-26(18)17-9-27-15-4-2-1-3-12(15)8-28-17/h1-7,10-11,17H,8-9H2. The van der Waals surface area contributed by atoms with Crippen LogP contribution in [0.1, 0.15) is 11.8 Å². The summed E-state index contributed by atoms with van der Waals surface area (Å²) in [6.07, 6.45) is 2.83. The highest BCUT2D eigenvalue weighted by Gasteiger charge is 2.23. The maximum absolute atomic E-state index is 6.35. The molecule has 6 nitrogen and oxygen atoms in total. The van der Waals surface area contributed by atoms with Crippen LogP contribution in [0.25, 0.3) is 11.2 Å². The number of ether oxygens (including phenoxy) is 2. The molecule has 146 valence electrons. The largest absolute Gasteiger partial charge is 0.488 e. The Morgan fingerprint density at radius 1 is 1.07 bits per heavy atom. The smallest absolute Gasteiger partial charge is 0.182 e. The number of hydrogen-bond acceptors (Lipinski definition) is 6. The number of imidazole rings is 1. The fourth-order valence-corrected chi connectivity index (χ4v) is 4.54. The summed E-state index contributed by atoms with van der Waals surface area (Å²) in [5, 5.41) is 1.87. The summed E-state index contributed by atoms with van der Waals surface area (Å²) in [7, 11) is 0. The van der Waals surface area contributed by atoms with Crippen LogP contribution < -0.4 is 4.74 Å². The van der Waals surface area contributed by atoms with Crippen molar-refractivity contribution in [2.24, 2.45) is 0 Å². The number of hydrogen-bond donors (Lipinski definition) is 0. The summed E-state index contributed by atoms with van der Waals surface area (Å²) >= 11 is 13.8. The molecule has 0 spiro atoms. The third kappa shape index (κ3) is 3.67. The topological polar surface area (TPSA) is 62.1 Å². The van der Waals surface area contributed by atoms with E-state index in [1.165, 1.54) is 18.1 Å². The van der Waals surface area contributed by atoms with Gasteiger partial charge in [-0.05, 0) is 24.3 Å². The van der Waals surface area contributed by atoms with E-state index in [-0.39, 0.29) is 6.23 Å². The number of nitrogens with zero attached hydrogens (tertiary/aromatic N) is 4. The van der Waals surface area contributed by atoms with E-state index in [4.69, 9.17) is 32.7 Å². The summed E-state index contributed by atoms with van der Waals surface area (Å²) in [6.45, 7) is 0.795. The van der Waals surface area contributed by atoms with Gasteiger partial charge in [0, 0.05) is 15.5 Å². The van der Waals surface area contributed by atoms with Crippen LogP contribution in [0.2, 0.25) is 10.0 Å². The van der Waals surface area contributed by atoms with Crippen molar-refractivity contribution in [3.8, 4) is 5.75 Å². The molecule has 5 rings (SSSR count). The number of para-hydroxylation sites is 1. The predicted octanol–water partition coefficient (Wildman–Crippen LogP) is 5.39. The number of fused-ring (bicyclic) bond motifs is 2. The molecule has 0 aliphatic carbocycles. The summed E-state index contributed by atoms with van der Waals surface area (Å²) in [5.41, 5.74) is 2.36. The van der Waals surface area contributed by atoms with Crippen LogP contribution in [-0.4, -0.2) is 26.1 Å². The van der Waals surface area contributed by atoms with Crippen LogP contribution in [0.3, 0.4) is 0 Å². The highest BCUT2D eigenvalue weighted by atomic mass is 35.5. The Kier molecular flexibility index (Phi) is 5.05. The first-order valence-electron chi connectivity index (χ1n) is 8.82. The first kappa shape index (κ1) is 18.7. The lowest BCUT2D eigenvalue weighted by Gasteiger charge is -2.17. The molecule has 0 saturated heterocycles. The van der Waals surface area contributed by atoms with E-state index >= 15 is 0 Å². The second-order valence-electron chi connectivity index (χ2n) is 6.36. The van der Waals surface area contributed by atoms with Crippen LogP contribution in [0.15, 0.2) is 65.0 Å². The van der Waals surface area contributed by atoms with E-state index in [2.05, 4.69) is 15.0 Å². The van der Waals surface area contributed by atoms with Gasteiger partial charge >= 0.3 is 0 Å². The fraction of sp³-hybridized carbons (Fsp3) is 0.150. The van der Waals surface area contributed by atoms with Crippen LogP contribution in [-0.2, 0) is 11.3 Å². The Hall–Kier alpha value is -2.32. The van der Waals surface area contributed by atoms with Crippen molar-refractivity contribution in [2.75, 3.05) is 6.61 Å². The van der Waals surface area contributed by atoms with Crippen molar-refractivity contribution in [3.05, 3.63) is 70.7 Å². The van der Waals surface area contributed by atoms with Gasteiger partial charge < -0.3 is 9.47 Å². The molecule has 9 heteroatoms. The number of aromatic nitrogens is 4. The van der Waals surface area contributed by atoms with Gasteiger partial charge in [0.2, 0.25) is 0 Å². The lowest BCUT2D eigenvalue weighted by Crippen LogP contribution is -2.18. The van der Waals surface area contributed by atoms with Gasteiger partial charge in [-0.25, -0.2) is 15.0 Å². The molecule has 2 aromatic carbocycles. The van der Waals surface area contributed by atoms with Gasteiger partial charge in [-0.1, -0.05) is 53.2 Å². The Morgan fingerprint density at radius 2 is 1.97 bits per heavy atom. The molecule has 0 fully saturated rings. The molecule has 0 N–H and O–H groups in total. The zero-order chi connectivity index (χ0) is 19.8. The molecular formula is C20H14Cl2N4O2S. The molecule has 3 heterocycles. The molecule has 1 atom stereocenters. The van der Waals surface area contributed by atoms with Gasteiger partial charge in [0.15, 0.2) is 11.9 Å². The normalized spacial score (nSPS) is 16.3. The molecular weight excluding hydrogens is 431 g/mol. The van der Waals surface area contributed by atoms with Crippen molar-refractivity contribution >= 4 is 46.1 Å². The highest BCUT2D eigenvalue weighted by Crippen LogP contribution is 2.37. The zero-order valence-electron chi connectivity index (χ0n) is 15.0. The van der Waals surface area contributed by atoms with Crippen LogP contribution in [0.5, 0.6) is 5.75 Å². The average molecular weight is 445 g/mol. The van der Waals surface area contributed by atoms with Gasteiger partial charge in [-0.3, -0.25) is 4.57 Å². The summed E-state index contributed by atoms with van der Waals surface area (Å²) < 4.78 is 14.0. The fourth-order valence-electron chi connectivity index (χ4n) is 3.12. The maximum Gasteiger partial charge on any atom is 0.182 e. The molecule has 1 aliphatic rings. The van der Waals surface area contributed by atoms with Gasteiger partial charge in [0.25, 0.3) is 0 Å². The van der Waals surface area contributed by atoms with E-state index in [0.717, 1.165) is 26.8 Å². The summed E-state index contributed by atoms with van der Waals surface area (Å²) in [4.78, 5) is 14.0. The minimum Gasteiger partial charge on any atom is -0.488 e. The van der Waals surface area contributed by atoms with E-state index in [9.17, 15) is 0 Å². The first-order chi connectivity index (χ1) is 14.2. The Balaban J connectivity index is 1.51. The summed E-state index contributed by atoms with van der Waals surface area (Å²) in [5.74, 6) is 0.832. The van der Waals surface area contributed by atoms with Crippen LogP contribution in [0.4, 0.5) is 0 Å². The van der Waals surface area contributed by atoms with Crippen molar-refractivity contribution in [2.45, 2.75) is 22.8 Å². The molecule has 0 amide bonds. The quantitative estimate of drug-likeness (QED) is 0.394. The number of benzene rings is 2. The van der Waals surface area contributed by atoms with E-state index < -0.39 is 0 Å². The van der Waals surface area contributed by atoms with E-state index in [1.54, 1.807) is 18.5 Å². The Bertz CT molecular complexity index is 1170. The summed E-state index contributed by atoms with van der Waals surface area (Å²) in [6, 6.07) is 13.2. The van der Waals surface area contributed by atoms with Crippen LogP contribution >= 0.6 is 35.0 Å². The van der Waals surface area contributed by atoms with Gasteiger partial charge in [0.1, 0.15) is 35.6 Å². The molecule has 1 aliphatic heterocycles. The van der Waals surface area contributed by atoms with Gasteiger partial charge in [-0.2, -0.15) is 0 Å². The Morgan fingerprint density at radius 3 is 2.86 bits per heavy atom. The number of rotatable bonds is 3. The lowest BCUT2D eigenvalue weighted by molar-refractivity contribution is -0.0236. The SMILES string of the molecule is Clc1ccc(Sc2ncnc3ncn(C4COc5ccccc5CO4)c23)c(Cl)c1. The van der Waals surface area contributed by atoms with Crippen LogP contribution in [0, 0.1) is 0 Å². The van der Waals surface area contributed by atoms with Crippen molar-refractivity contribution < 1.29 is 9.47 Å². The molecule has 1 unspecified atom stereocenters. The average Bonchev–Trinajstić information content (AvgIpc) is 3.04. The van der Waals surface area contributed by atoms with Gasteiger partial charge in [-0.15, -0.1) is 0 Å². The highest BCUT2D eigenvalue weighted by molar-refractivity contribution is 7.99. The second-order valence-corrected chi connectivity index (χ2v) is 8.24. The zero-order valence-corrected chi connectivity index (χ0v) is 17.3. The molecule has 2 aromatic heterocycles. The maximum atomic E-state index is 6.35. The molecule has 29 heavy (non-hydrogen) atoms. The lowest BCUT2D eigenvalue weighted by atomic mass is 10.2. The molecule has 0 saturated carbocycles. The molecule has 4 aromatic rings. The minimum absolute atomic E-state index is 0.350. The predicted molar refractivity (Wildman–Crippen MR) is 112 cm³/mol. The minimum atomic E-state index is -0.363. The molecule has 0 bridgehead atoms. The monoisotopic (exact) mass is 444 g/mol. The second kappa shape index (κ2) is 7.84. The van der Waals surface area contributed by atoms with Crippen molar-refractivity contribution in [1.82, 2.24) is 19.5 Å². The Labute approximate surface area is 180 Å². The van der Waals surface area contributed by atoms with E-state index in [0.29, 0.717) is 28.9 Å². The first-order valence-corrected chi connectivity index (χ1v) is 10.4. The van der Waals surface area contributed by atoms with E-state index in [1.807, 2.05) is 34.9 Å².